The molecule has 10 nitrogen and oxygen atoms in total. The summed E-state index contributed by atoms with van der Waals surface area (Å²) in [7, 11) is -9.63. The second-order valence-corrected chi connectivity index (χ2v) is 6.25. The molecule has 0 radical (unpaired) electrons. The van der Waals surface area contributed by atoms with Gasteiger partial charge < -0.3 is 18.9 Å². The average molecular weight is 365 g/mol. The maximum absolute atomic E-state index is 10.6. The van der Waals surface area contributed by atoms with Gasteiger partial charge in [-0.3, -0.25) is 4.18 Å². The molecular formula is C7H13NNa2O9S2. The van der Waals surface area contributed by atoms with E-state index in [2.05, 4.69) is 4.18 Å². The summed E-state index contributed by atoms with van der Waals surface area (Å²) >= 11 is 0. The van der Waals surface area contributed by atoms with Crippen LogP contribution < -0.4 is 63.8 Å². The second-order valence-electron chi connectivity index (χ2n) is 4.06. The Bertz CT molecular complexity index is 498. The summed E-state index contributed by atoms with van der Waals surface area (Å²) in [4.78, 5) is 0. The van der Waals surface area contributed by atoms with E-state index in [0.29, 0.717) is 0 Å². The van der Waals surface area contributed by atoms with Crippen LogP contribution in [0.15, 0.2) is 0 Å². The maximum Gasteiger partial charge on any atom is 1.00 e. The molecule has 1 rings (SSSR count). The van der Waals surface area contributed by atoms with E-state index in [9.17, 15) is 31.0 Å². The van der Waals surface area contributed by atoms with Crippen molar-refractivity contribution in [2.24, 2.45) is 0 Å². The molecule has 1 heterocycles. The first-order valence-corrected chi connectivity index (χ1v) is 7.89. The van der Waals surface area contributed by atoms with Crippen LogP contribution in [0, 0.1) is 0 Å². The van der Waals surface area contributed by atoms with Crippen LogP contribution in [0.25, 0.3) is 0 Å². The zero-order valence-electron chi connectivity index (χ0n) is 11.8. The van der Waals surface area contributed by atoms with Crippen LogP contribution in [0.5, 0.6) is 0 Å². The van der Waals surface area contributed by atoms with E-state index in [0.717, 1.165) is 0 Å². The number of rotatable bonds is 5. The molecule has 0 aromatic carbocycles. The molecule has 1 aliphatic heterocycles. The topological polar surface area (TPSA) is 165 Å². The third kappa shape index (κ3) is 10.2. The minimum Gasteiger partial charge on any atom is -0.735 e. The van der Waals surface area contributed by atoms with E-state index < -0.39 is 51.7 Å². The fourth-order valence-corrected chi connectivity index (χ4v) is 2.78. The van der Waals surface area contributed by atoms with Crippen molar-refractivity contribution in [3.8, 4) is 0 Å². The number of aliphatic hydroxyl groups excluding tert-OH is 1. The van der Waals surface area contributed by atoms with Gasteiger partial charge in [0.2, 0.25) is 10.4 Å². The molecule has 0 amide bonds. The Balaban J connectivity index is 0. The molecule has 3 unspecified atom stereocenters. The molecule has 4 atom stereocenters. The van der Waals surface area contributed by atoms with E-state index >= 15 is 0 Å². The van der Waals surface area contributed by atoms with Crippen molar-refractivity contribution in [3.63, 3.8) is 0 Å². The van der Waals surface area contributed by atoms with E-state index in [1.165, 1.54) is 6.92 Å². The Hall–Kier alpha value is 1.66. The summed E-state index contributed by atoms with van der Waals surface area (Å²) in [6.45, 7) is 0.786. The summed E-state index contributed by atoms with van der Waals surface area (Å²) in [6, 6.07) is -1.15. The third-order valence-electron chi connectivity index (χ3n) is 2.51. The molecule has 1 aliphatic rings. The van der Waals surface area contributed by atoms with Crippen LogP contribution in [0.1, 0.15) is 13.3 Å². The van der Waals surface area contributed by atoms with E-state index in [4.69, 9.17) is 4.74 Å². The van der Waals surface area contributed by atoms with Gasteiger partial charge in [0, 0.05) is 6.42 Å². The number of hydrogen-bond donors (Lipinski definition) is 2. The molecule has 1 fully saturated rings. The quantitative estimate of drug-likeness (QED) is 0.273. The van der Waals surface area contributed by atoms with Crippen molar-refractivity contribution in [2.45, 2.75) is 37.7 Å². The molecule has 0 spiro atoms. The minimum absolute atomic E-state index is 0. The predicted molar refractivity (Wildman–Crippen MR) is 57.2 cm³/mol. The summed E-state index contributed by atoms with van der Waals surface area (Å²) in [5.74, 6) is 0. The zero-order valence-corrected chi connectivity index (χ0v) is 17.4. The molecule has 1 saturated heterocycles. The molecule has 21 heavy (non-hydrogen) atoms. The Morgan fingerprint density at radius 2 is 1.81 bits per heavy atom. The van der Waals surface area contributed by atoms with E-state index in [1.54, 1.807) is 4.72 Å². The fraction of sp³-hybridized carbons (Fsp3) is 1.00. The van der Waals surface area contributed by atoms with Crippen molar-refractivity contribution in [1.82, 2.24) is 4.72 Å². The van der Waals surface area contributed by atoms with Crippen LogP contribution in [0.4, 0.5) is 0 Å². The zero-order chi connectivity index (χ0) is 14.8. The van der Waals surface area contributed by atoms with Gasteiger partial charge in [-0.15, -0.1) is 0 Å². The second kappa shape index (κ2) is 9.84. The third-order valence-corrected chi connectivity index (χ3v) is 3.50. The molecule has 14 heteroatoms. The van der Waals surface area contributed by atoms with Crippen LogP contribution in [0.3, 0.4) is 0 Å². The van der Waals surface area contributed by atoms with Crippen LogP contribution >= 0.6 is 0 Å². The Morgan fingerprint density at radius 3 is 2.19 bits per heavy atom. The maximum atomic E-state index is 10.6. The van der Waals surface area contributed by atoms with Crippen molar-refractivity contribution >= 4 is 20.7 Å². The Kier molecular flexibility index (Phi) is 11.7. The molecule has 0 saturated carbocycles. The van der Waals surface area contributed by atoms with Crippen LogP contribution in [0.2, 0.25) is 0 Å². The van der Waals surface area contributed by atoms with Gasteiger partial charge in [-0.05, 0) is 6.92 Å². The number of aliphatic hydroxyl groups is 1. The number of nitrogens with one attached hydrogen (secondary N) is 1. The van der Waals surface area contributed by atoms with Gasteiger partial charge in [0.15, 0.2) is 10.3 Å². The predicted octanol–water partition coefficient (Wildman–Crippen LogP) is -8.57. The summed E-state index contributed by atoms with van der Waals surface area (Å²) in [5.41, 5.74) is 0. The molecule has 0 aromatic rings. The van der Waals surface area contributed by atoms with Crippen molar-refractivity contribution in [3.05, 3.63) is 0 Å². The van der Waals surface area contributed by atoms with Crippen LogP contribution in [-0.2, 0) is 29.6 Å². The first kappa shape index (κ1) is 24.9. The SMILES string of the molecule is CC1OC(COS(=O)(=O)[O-])C[C@H](O)C1NS(=O)(=O)[O-].[Na+].[Na+]. The minimum atomic E-state index is -4.87. The van der Waals surface area contributed by atoms with E-state index in [-0.39, 0.29) is 65.5 Å². The summed E-state index contributed by atoms with van der Waals surface area (Å²) in [5, 5.41) is 9.67. The van der Waals surface area contributed by atoms with Gasteiger partial charge >= 0.3 is 59.1 Å². The van der Waals surface area contributed by atoms with Gasteiger partial charge in [0.05, 0.1) is 31.0 Å². The largest absolute Gasteiger partial charge is 1.00 e. The molecular weight excluding hydrogens is 352 g/mol. The first-order valence-electron chi connectivity index (χ1n) is 5.15. The van der Waals surface area contributed by atoms with Gasteiger partial charge in [-0.25, -0.2) is 21.6 Å². The monoisotopic (exact) mass is 365 g/mol. The Labute approximate surface area is 167 Å². The van der Waals surface area contributed by atoms with Gasteiger partial charge in [0.25, 0.3) is 0 Å². The smallest absolute Gasteiger partial charge is 0.735 e. The van der Waals surface area contributed by atoms with Gasteiger partial charge in [-0.2, -0.15) is 0 Å². The van der Waals surface area contributed by atoms with Crippen molar-refractivity contribution in [2.75, 3.05) is 6.61 Å². The van der Waals surface area contributed by atoms with E-state index in [1.807, 2.05) is 0 Å². The molecule has 0 aliphatic carbocycles. The first-order chi connectivity index (χ1) is 8.48. The molecule has 0 aromatic heterocycles. The van der Waals surface area contributed by atoms with Gasteiger partial charge in [0.1, 0.15) is 0 Å². The van der Waals surface area contributed by atoms with Gasteiger partial charge in [-0.1, -0.05) is 0 Å². The summed E-state index contributed by atoms with van der Waals surface area (Å²) in [6.07, 6.45) is -3.25. The Morgan fingerprint density at radius 1 is 1.29 bits per heavy atom. The number of hydrogen-bond acceptors (Lipinski definition) is 9. The molecule has 114 valence electrons. The molecule has 0 bridgehead atoms. The van der Waals surface area contributed by atoms with Crippen molar-refractivity contribution < 1.29 is 99.1 Å². The summed E-state index contributed by atoms with van der Waals surface area (Å²) < 4.78 is 73.2. The fourth-order valence-electron chi connectivity index (χ4n) is 1.78. The standard InChI is InChI=1S/C7H15NO9S2.2Na/c1-4-7(8-18(10,11)12)6(9)2-5(17-4)3-16-19(13,14)15;;/h4-9H,2-3H2,1H3,(H,10,11,12)(H,13,14,15);;/q;2*+1/p-2/t4?,5?,6-,7?;;/m0../s1. The van der Waals surface area contributed by atoms with Crippen molar-refractivity contribution in [1.29, 1.82) is 0 Å². The average Bonchev–Trinajstić information content (AvgIpc) is 2.18. The number of ether oxygens (including phenoxy) is 1. The van der Waals surface area contributed by atoms with Crippen LogP contribution in [-0.4, -0.2) is 62.0 Å². The molecule has 2 N–H and O–H groups in total. The normalized spacial score (nSPS) is 30.1.